The van der Waals surface area contributed by atoms with Gasteiger partial charge in [-0.25, -0.2) is 0 Å². The zero-order valence-corrected chi connectivity index (χ0v) is 24.1. The van der Waals surface area contributed by atoms with Crippen molar-refractivity contribution in [1.82, 2.24) is 0 Å². The van der Waals surface area contributed by atoms with E-state index in [4.69, 9.17) is 11.2 Å². The van der Waals surface area contributed by atoms with E-state index in [9.17, 15) is 5.11 Å². The van der Waals surface area contributed by atoms with Crippen LogP contribution in [0.2, 0.25) is 0 Å². The molecule has 0 amide bonds. The summed E-state index contributed by atoms with van der Waals surface area (Å²) in [6.45, 7) is 13.3. The van der Waals surface area contributed by atoms with Crippen LogP contribution in [-0.4, -0.2) is 12.2 Å². The van der Waals surface area contributed by atoms with E-state index in [0.29, 0.717) is 16.9 Å². The number of aliphatic hydroxyl groups is 1. The molecule has 1 atom stereocenters. The van der Waals surface area contributed by atoms with Gasteiger partial charge in [0.15, 0.2) is 5.60 Å². The average Bonchev–Trinajstić information content (AvgIpc) is 2.93. The van der Waals surface area contributed by atoms with Gasteiger partial charge in [0.25, 0.3) is 0 Å². The van der Waals surface area contributed by atoms with Gasteiger partial charge in [0.05, 0.1) is 7.11 Å². The Labute approximate surface area is 234 Å². The third kappa shape index (κ3) is 5.87. The van der Waals surface area contributed by atoms with Gasteiger partial charge in [-0.15, -0.1) is 6.42 Å². The molecule has 3 nitrogen and oxygen atoms in total. The maximum atomic E-state index is 11.5. The Morgan fingerprint density at radius 1 is 0.564 bits per heavy atom. The lowest BCUT2D eigenvalue weighted by molar-refractivity contribution is 0.145. The van der Waals surface area contributed by atoms with Crippen molar-refractivity contribution in [3.8, 4) is 18.1 Å². The lowest BCUT2D eigenvalue weighted by atomic mass is 9.86. The first-order valence-electron chi connectivity index (χ1n) is 13.3. The smallest absolute Gasteiger partial charge is 0.176 e. The Kier molecular flexibility index (Phi) is 7.64. The van der Waals surface area contributed by atoms with Crippen LogP contribution in [0.3, 0.4) is 0 Å². The molecule has 1 unspecified atom stereocenters. The molecule has 0 aromatic heterocycles. The summed E-state index contributed by atoms with van der Waals surface area (Å²) in [5.74, 6) is 3.31. The molecule has 0 aliphatic rings. The molecule has 0 saturated carbocycles. The molecule has 0 heterocycles. The molecule has 0 bridgehead atoms. The number of nitrogens with zero attached hydrogens (tertiary/aromatic N) is 1. The van der Waals surface area contributed by atoms with Gasteiger partial charge in [-0.1, -0.05) is 96.0 Å². The van der Waals surface area contributed by atoms with Crippen molar-refractivity contribution in [2.75, 3.05) is 12.0 Å². The van der Waals surface area contributed by atoms with E-state index < -0.39 is 5.60 Å². The first-order valence-corrected chi connectivity index (χ1v) is 13.3. The number of hydrogen-bond donors (Lipinski definition) is 1. The highest BCUT2D eigenvalue weighted by Gasteiger charge is 2.29. The van der Waals surface area contributed by atoms with Crippen molar-refractivity contribution >= 4 is 17.1 Å². The first kappa shape index (κ1) is 28.0. The number of methoxy groups -OCH3 is 1. The van der Waals surface area contributed by atoms with Gasteiger partial charge in [0.1, 0.15) is 5.75 Å². The van der Waals surface area contributed by atoms with Gasteiger partial charge >= 0.3 is 0 Å². The molecule has 0 spiro atoms. The topological polar surface area (TPSA) is 32.7 Å². The van der Waals surface area contributed by atoms with E-state index >= 15 is 0 Å². The SMILES string of the molecule is C#CC(O)(c1ccc(OC)cc1)c1ccc(N(c2ccc(C(C)(C)C)cc2)c2ccc(C(C)(C)C)cc2)cc1. The summed E-state index contributed by atoms with van der Waals surface area (Å²) >= 11 is 0. The first-order chi connectivity index (χ1) is 18.4. The predicted molar refractivity (Wildman–Crippen MR) is 163 cm³/mol. The Morgan fingerprint density at radius 3 is 1.15 bits per heavy atom. The summed E-state index contributed by atoms with van der Waals surface area (Å²) in [6.07, 6.45) is 5.88. The van der Waals surface area contributed by atoms with E-state index in [2.05, 4.69) is 101 Å². The quantitative estimate of drug-likeness (QED) is 0.260. The number of ether oxygens (including phenoxy) is 1. The van der Waals surface area contributed by atoms with Crippen LogP contribution < -0.4 is 9.64 Å². The number of benzene rings is 4. The van der Waals surface area contributed by atoms with Crippen LogP contribution in [0.4, 0.5) is 17.1 Å². The van der Waals surface area contributed by atoms with E-state index in [1.807, 2.05) is 24.3 Å². The highest BCUT2D eigenvalue weighted by atomic mass is 16.5. The van der Waals surface area contributed by atoms with Gasteiger partial charge in [-0.3, -0.25) is 0 Å². The van der Waals surface area contributed by atoms with Gasteiger partial charge in [0.2, 0.25) is 0 Å². The van der Waals surface area contributed by atoms with Gasteiger partial charge in [-0.05, 0) is 70.5 Å². The fraction of sp³-hybridized carbons (Fsp3) is 0.278. The Hall–Kier alpha value is -4.00. The third-order valence-corrected chi connectivity index (χ3v) is 7.24. The van der Waals surface area contributed by atoms with Crippen LogP contribution in [-0.2, 0) is 16.4 Å². The van der Waals surface area contributed by atoms with Crippen LogP contribution in [0.15, 0.2) is 97.1 Å². The maximum absolute atomic E-state index is 11.5. The van der Waals surface area contributed by atoms with Crippen molar-refractivity contribution in [3.05, 3.63) is 119 Å². The Morgan fingerprint density at radius 2 is 0.872 bits per heavy atom. The van der Waals surface area contributed by atoms with Crippen molar-refractivity contribution in [2.45, 2.75) is 58.0 Å². The van der Waals surface area contributed by atoms with Crippen molar-refractivity contribution < 1.29 is 9.84 Å². The van der Waals surface area contributed by atoms with Crippen LogP contribution in [0.25, 0.3) is 0 Å². The van der Waals surface area contributed by atoms with Gasteiger partial charge in [-0.2, -0.15) is 0 Å². The molecular weight excluding hydrogens is 478 g/mol. The highest BCUT2D eigenvalue weighted by molar-refractivity contribution is 5.77. The van der Waals surface area contributed by atoms with Crippen LogP contribution in [0, 0.1) is 12.3 Å². The lowest BCUT2D eigenvalue weighted by Gasteiger charge is -2.29. The molecule has 4 aromatic rings. The van der Waals surface area contributed by atoms with Gasteiger partial charge < -0.3 is 14.7 Å². The minimum absolute atomic E-state index is 0.0699. The standard InChI is InChI=1S/C36H39NO2/c1-9-36(38,29-16-24-33(39-8)25-17-29)28-14-22-32(23-15-28)37(30-18-10-26(11-19-30)34(2,3)4)31-20-12-27(13-21-31)35(5,6)7/h1,10-25,38H,2-8H3. The fourth-order valence-corrected chi connectivity index (χ4v) is 4.69. The molecule has 0 aliphatic carbocycles. The average molecular weight is 518 g/mol. The Balaban J connectivity index is 1.77. The van der Waals surface area contributed by atoms with Crippen LogP contribution >= 0.6 is 0 Å². The molecular formula is C36H39NO2. The van der Waals surface area contributed by atoms with Crippen molar-refractivity contribution in [2.24, 2.45) is 0 Å². The van der Waals surface area contributed by atoms with Crippen LogP contribution in [0.1, 0.15) is 63.8 Å². The zero-order chi connectivity index (χ0) is 28.4. The normalized spacial score (nSPS) is 13.3. The van der Waals surface area contributed by atoms with Crippen molar-refractivity contribution in [3.63, 3.8) is 0 Å². The highest BCUT2D eigenvalue weighted by Crippen LogP contribution is 2.38. The maximum Gasteiger partial charge on any atom is 0.176 e. The molecule has 4 aromatic carbocycles. The van der Waals surface area contributed by atoms with Crippen molar-refractivity contribution in [1.29, 1.82) is 0 Å². The third-order valence-electron chi connectivity index (χ3n) is 7.24. The summed E-state index contributed by atoms with van der Waals surface area (Å²) in [5, 5.41) is 11.5. The van der Waals surface area contributed by atoms with E-state index in [0.717, 1.165) is 17.1 Å². The van der Waals surface area contributed by atoms with E-state index in [1.54, 1.807) is 31.4 Å². The second-order valence-electron chi connectivity index (χ2n) is 12.1. The summed E-state index contributed by atoms with van der Waals surface area (Å²) in [4.78, 5) is 2.23. The second-order valence-corrected chi connectivity index (χ2v) is 12.1. The minimum atomic E-state index is -1.56. The second kappa shape index (κ2) is 10.6. The monoisotopic (exact) mass is 517 g/mol. The summed E-state index contributed by atoms with van der Waals surface area (Å²) in [5.41, 5.74) is 5.48. The largest absolute Gasteiger partial charge is 0.497 e. The van der Waals surface area contributed by atoms with E-state index in [1.165, 1.54) is 11.1 Å². The fourth-order valence-electron chi connectivity index (χ4n) is 4.69. The zero-order valence-electron chi connectivity index (χ0n) is 24.1. The molecule has 200 valence electrons. The summed E-state index contributed by atoms with van der Waals surface area (Å²) in [6, 6.07) is 32.5. The molecule has 0 radical (unpaired) electrons. The number of anilines is 3. The summed E-state index contributed by atoms with van der Waals surface area (Å²) < 4.78 is 5.26. The molecule has 39 heavy (non-hydrogen) atoms. The minimum Gasteiger partial charge on any atom is -0.497 e. The molecule has 0 saturated heterocycles. The van der Waals surface area contributed by atoms with E-state index in [-0.39, 0.29) is 10.8 Å². The molecule has 3 heteroatoms. The van der Waals surface area contributed by atoms with Crippen LogP contribution in [0.5, 0.6) is 5.75 Å². The lowest BCUT2D eigenvalue weighted by Crippen LogP contribution is -2.25. The molecule has 0 fully saturated rings. The molecule has 0 aliphatic heterocycles. The van der Waals surface area contributed by atoms with Gasteiger partial charge in [0, 0.05) is 28.2 Å². The molecule has 1 N–H and O–H groups in total. The molecule has 4 rings (SSSR count). The summed E-state index contributed by atoms with van der Waals surface area (Å²) in [7, 11) is 1.61. The predicted octanol–water partition coefficient (Wildman–Crippen LogP) is 8.63. The number of hydrogen-bond acceptors (Lipinski definition) is 3. The number of rotatable bonds is 6. The number of terminal acetylenes is 1. The Bertz CT molecular complexity index is 1370.